The van der Waals surface area contributed by atoms with E-state index < -0.39 is 11.4 Å². The molecule has 1 atom stereocenters. The number of halogens is 1. The minimum atomic E-state index is -1.02. The fourth-order valence-corrected chi connectivity index (χ4v) is 2.16. The van der Waals surface area contributed by atoms with Crippen LogP contribution in [0.2, 0.25) is 0 Å². The number of rotatable bonds is 6. The van der Waals surface area contributed by atoms with Crippen molar-refractivity contribution in [1.29, 1.82) is 0 Å². The fourth-order valence-electron chi connectivity index (χ4n) is 2.16. The van der Waals surface area contributed by atoms with Crippen LogP contribution in [-0.4, -0.2) is 31.8 Å². The summed E-state index contributed by atoms with van der Waals surface area (Å²) in [5, 5.41) is 0. The van der Waals surface area contributed by atoms with Crippen molar-refractivity contribution in [3.05, 3.63) is 35.6 Å². The first-order chi connectivity index (χ1) is 9.75. The molecule has 1 rings (SSSR count). The molecule has 1 aromatic carbocycles. The van der Waals surface area contributed by atoms with Crippen LogP contribution >= 0.6 is 0 Å². The highest BCUT2D eigenvalue weighted by Crippen LogP contribution is 2.29. The third-order valence-electron chi connectivity index (χ3n) is 3.39. The molecule has 0 aliphatic rings. The molecule has 4 nitrogen and oxygen atoms in total. The Labute approximate surface area is 125 Å². The lowest BCUT2D eigenvalue weighted by Gasteiger charge is -2.31. The van der Waals surface area contributed by atoms with E-state index in [2.05, 4.69) is 0 Å². The number of hydrogen-bond donors (Lipinski definition) is 1. The maximum absolute atomic E-state index is 13.1. The Morgan fingerprint density at radius 2 is 1.81 bits per heavy atom. The zero-order valence-corrected chi connectivity index (χ0v) is 13.1. The standard InChI is InChI=1S/C16H24FNO3/c1-15(2,3)21-10-9-16(11-18,14(19)20-4)12-5-7-13(17)8-6-12/h5-8H,9-11,18H2,1-4H3. The number of carbonyl (C=O) groups excluding carboxylic acids is 1. The molecule has 0 radical (unpaired) electrons. The zero-order chi connectivity index (χ0) is 16.1. The van der Waals surface area contributed by atoms with Gasteiger partial charge in [-0.1, -0.05) is 12.1 Å². The summed E-state index contributed by atoms with van der Waals surface area (Å²) in [6.45, 7) is 6.24. The Balaban J connectivity index is 3.04. The maximum atomic E-state index is 13.1. The van der Waals surface area contributed by atoms with Gasteiger partial charge >= 0.3 is 5.97 Å². The molecule has 0 saturated carbocycles. The molecule has 0 heterocycles. The van der Waals surface area contributed by atoms with Crippen molar-refractivity contribution in [2.24, 2.45) is 5.73 Å². The van der Waals surface area contributed by atoms with E-state index >= 15 is 0 Å². The average Bonchev–Trinajstić information content (AvgIpc) is 2.43. The first-order valence-corrected chi connectivity index (χ1v) is 6.94. The summed E-state index contributed by atoms with van der Waals surface area (Å²) < 4.78 is 23.7. The van der Waals surface area contributed by atoms with Crippen LogP contribution in [0.3, 0.4) is 0 Å². The highest BCUT2D eigenvalue weighted by atomic mass is 19.1. The van der Waals surface area contributed by atoms with Gasteiger partial charge in [-0.05, 0) is 44.9 Å². The lowest BCUT2D eigenvalue weighted by Crippen LogP contribution is -2.45. The van der Waals surface area contributed by atoms with Gasteiger partial charge in [0.2, 0.25) is 0 Å². The minimum absolute atomic E-state index is 0.0683. The number of ether oxygens (including phenoxy) is 2. The van der Waals surface area contributed by atoms with E-state index in [-0.39, 0.29) is 18.0 Å². The maximum Gasteiger partial charge on any atom is 0.317 e. The number of esters is 1. The molecule has 1 aromatic rings. The Bertz CT molecular complexity index is 467. The molecule has 0 bridgehead atoms. The molecule has 1 unspecified atom stereocenters. The second-order valence-electron chi connectivity index (χ2n) is 6.00. The summed E-state index contributed by atoms with van der Waals surface area (Å²) >= 11 is 0. The molecule has 21 heavy (non-hydrogen) atoms. The van der Waals surface area contributed by atoms with Crippen molar-refractivity contribution >= 4 is 5.97 Å². The second-order valence-corrected chi connectivity index (χ2v) is 6.00. The van der Waals surface area contributed by atoms with Gasteiger partial charge in [-0.2, -0.15) is 0 Å². The van der Waals surface area contributed by atoms with Crippen LogP contribution in [-0.2, 0) is 19.7 Å². The normalized spacial score (nSPS) is 14.6. The van der Waals surface area contributed by atoms with Crippen molar-refractivity contribution in [2.45, 2.75) is 38.2 Å². The lowest BCUT2D eigenvalue weighted by atomic mass is 9.77. The number of hydrogen-bond acceptors (Lipinski definition) is 4. The summed E-state index contributed by atoms with van der Waals surface area (Å²) in [5.74, 6) is -0.797. The van der Waals surface area contributed by atoms with Gasteiger partial charge in [0.05, 0.1) is 12.7 Å². The Morgan fingerprint density at radius 3 is 2.24 bits per heavy atom. The highest BCUT2D eigenvalue weighted by Gasteiger charge is 2.40. The van der Waals surface area contributed by atoms with Crippen molar-refractivity contribution in [2.75, 3.05) is 20.3 Å². The van der Waals surface area contributed by atoms with Gasteiger partial charge in [0.25, 0.3) is 0 Å². The average molecular weight is 297 g/mol. The molecule has 0 fully saturated rings. The van der Waals surface area contributed by atoms with Crippen LogP contribution in [0.1, 0.15) is 32.8 Å². The predicted molar refractivity (Wildman–Crippen MR) is 79.5 cm³/mol. The number of benzene rings is 1. The monoisotopic (exact) mass is 297 g/mol. The van der Waals surface area contributed by atoms with E-state index in [1.54, 1.807) is 12.1 Å². The Morgan fingerprint density at radius 1 is 1.24 bits per heavy atom. The van der Waals surface area contributed by atoms with Crippen LogP contribution in [0.5, 0.6) is 0 Å². The van der Waals surface area contributed by atoms with Crippen molar-refractivity contribution in [3.8, 4) is 0 Å². The molecule has 0 aliphatic heterocycles. The first kappa shape index (κ1) is 17.6. The highest BCUT2D eigenvalue weighted by molar-refractivity contribution is 5.83. The van der Waals surface area contributed by atoms with Crippen molar-refractivity contribution in [3.63, 3.8) is 0 Å². The van der Waals surface area contributed by atoms with Crippen LogP contribution in [0.4, 0.5) is 4.39 Å². The Hall–Kier alpha value is -1.46. The predicted octanol–water partition coefficient (Wildman–Crippen LogP) is 2.40. The van der Waals surface area contributed by atoms with Gasteiger partial charge < -0.3 is 15.2 Å². The molecule has 5 heteroatoms. The quantitative estimate of drug-likeness (QED) is 0.819. The van der Waals surface area contributed by atoms with Crippen LogP contribution in [0.25, 0.3) is 0 Å². The summed E-state index contributed by atoms with van der Waals surface area (Å²) in [4.78, 5) is 12.3. The minimum Gasteiger partial charge on any atom is -0.468 e. The van der Waals surface area contributed by atoms with E-state index in [0.29, 0.717) is 18.6 Å². The topological polar surface area (TPSA) is 61.5 Å². The molecule has 0 saturated heterocycles. The second kappa shape index (κ2) is 7.00. The Kier molecular flexibility index (Phi) is 5.87. The molecule has 2 N–H and O–H groups in total. The number of methoxy groups -OCH3 is 1. The molecule has 0 aliphatic carbocycles. The van der Waals surface area contributed by atoms with Crippen LogP contribution < -0.4 is 5.73 Å². The van der Waals surface area contributed by atoms with Gasteiger partial charge in [0, 0.05) is 13.2 Å². The molecule has 0 aromatic heterocycles. The van der Waals surface area contributed by atoms with E-state index in [0.717, 1.165) is 0 Å². The lowest BCUT2D eigenvalue weighted by molar-refractivity contribution is -0.148. The van der Waals surface area contributed by atoms with Gasteiger partial charge in [-0.25, -0.2) is 4.39 Å². The van der Waals surface area contributed by atoms with Gasteiger partial charge in [-0.3, -0.25) is 4.79 Å². The molecular formula is C16H24FNO3. The van der Waals surface area contributed by atoms with E-state index in [4.69, 9.17) is 15.2 Å². The van der Waals surface area contributed by atoms with E-state index in [1.807, 2.05) is 20.8 Å². The fraction of sp³-hybridized carbons (Fsp3) is 0.562. The number of nitrogens with two attached hydrogens (primary N) is 1. The SMILES string of the molecule is COC(=O)C(CN)(CCOC(C)(C)C)c1ccc(F)cc1. The van der Waals surface area contributed by atoms with Crippen LogP contribution in [0.15, 0.2) is 24.3 Å². The molecule has 0 spiro atoms. The van der Waals surface area contributed by atoms with Crippen LogP contribution in [0, 0.1) is 5.82 Å². The third kappa shape index (κ3) is 4.51. The molecular weight excluding hydrogens is 273 g/mol. The summed E-state index contributed by atoms with van der Waals surface area (Å²) in [5.41, 5.74) is 5.16. The zero-order valence-electron chi connectivity index (χ0n) is 13.1. The van der Waals surface area contributed by atoms with E-state index in [1.165, 1.54) is 19.2 Å². The van der Waals surface area contributed by atoms with Crippen molar-refractivity contribution < 1.29 is 18.7 Å². The number of carbonyl (C=O) groups is 1. The summed E-state index contributed by atoms with van der Waals surface area (Å²) in [6, 6.07) is 5.76. The summed E-state index contributed by atoms with van der Waals surface area (Å²) in [7, 11) is 1.32. The van der Waals surface area contributed by atoms with E-state index in [9.17, 15) is 9.18 Å². The smallest absolute Gasteiger partial charge is 0.317 e. The largest absolute Gasteiger partial charge is 0.468 e. The van der Waals surface area contributed by atoms with Gasteiger partial charge in [-0.15, -0.1) is 0 Å². The van der Waals surface area contributed by atoms with Gasteiger partial charge in [0.1, 0.15) is 11.2 Å². The summed E-state index contributed by atoms with van der Waals surface area (Å²) in [6.07, 6.45) is 0.374. The molecule has 118 valence electrons. The molecule has 0 amide bonds. The van der Waals surface area contributed by atoms with Crippen molar-refractivity contribution in [1.82, 2.24) is 0 Å². The first-order valence-electron chi connectivity index (χ1n) is 6.94. The van der Waals surface area contributed by atoms with Gasteiger partial charge in [0.15, 0.2) is 0 Å². The third-order valence-corrected chi connectivity index (χ3v) is 3.39.